The lowest BCUT2D eigenvalue weighted by Gasteiger charge is -2.22. The number of nitrogens with one attached hydrogen (secondary N) is 2. The van der Waals surface area contributed by atoms with E-state index in [1.807, 2.05) is 6.20 Å². The highest BCUT2D eigenvalue weighted by Crippen LogP contribution is 2.20. The average molecular weight is 236 g/mol. The van der Waals surface area contributed by atoms with E-state index in [0.29, 0.717) is 12.1 Å². The quantitative estimate of drug-likeness (QED) is 0.825. The number of rotatable bonds is 5. The van der Waals surface area contributed by atoms with Gasteiger partial charge in [-0.3, -0.25) is 4.68 Å². The van der Waals surface area contributed by atoms with Crippen LogP contribution in [0.2, 0.25) is 0 Å². The van der Waals surface area contributed by atoms with Crippen LogP contribution < -0.4 is 10.6 Å². The van der Waals surface area contributed by atoms with Gasteiger partial charge in [0.1, 0.15) is 0 Å². The first kappa shape index (κ1) is 12.4. The molecule has 0 aliphatic carbocycles. The molecule has 0 bridgehead atoms. The topological polar surface area (TPSA) is 41.9 Å². The Morgan fingerprint density at radius 1 is 1.41 bits per heavy atom. The van der Waals surface area contributed by atoms with E-state index in [1.54, 1.807) is 0 Å². The second-order valence-corrected chi connectivity index (χ2v) is 4.85. The van der Waals surface area contributed by atoms with Crippen molar-refractivity contribution in [2.75, 3.05) is 18.4 Å². The van der Waals surface area contributed by atoms with Crippen molar-refractivity contribution in [2.24, 2.45) is 0 Å². The van der Waals surface area contributed by atoms with E-state index in [2.05, 4.69) is 40.5 Å². The summed E-state index contributed by atoms with van der Waals surface area (Å²) < 4.78 is 2.13. The molecule has 0 amide bonds. The first-order valence-electron chi connectivity index (χ1n) is 6.84. The first-order valence-corrected chi connectivity index (χ1v) is 6.84. The molecule has 0 aromatic carbocycles. The zero-order chi connectivity index (χ0) is 12.1. The standard InChI is InChI=1S/C13H24N4/c1-3-11(4-2)16-12-9-15-17(10-12)13-5-7-14-8-6-13/h9-11,13-14,16H,3-8H2,1-2H3. The molecule has 1 fully saturated rings. The molecule has 2 N–H and O–H groups in total. The van der Waals surface area contributed by atoms with E-state index in [-0.39, 0.29) is 0 Å². The Balaban J connectivity index is 1.94. The summed E-state index contributed by atoms with van der Waals surface area (Å²) in [5.41, 5.74) is 1.16. The third-order valence-corrected chi connectivity index (χ3v) is 3.64. The average Bonchev–Trinajstić information content (AvgIpc) is 2.85. The van der Waals surface area contributed by atoms with Crippen LogP contribution in [-0.2, 0) is 0 Å². The van der Waals surface area contributed by atoms with Crippen LogP contribution in [0, 0.1) is 0 Å². The van der Waals surface area contributed by atoms with Gasteiger partial charge in [-0.15, -0.1) is 0 Å². The SMILES string of the molecule is CCC(CC)Nc1cnn(C2CCNCC2)c1. The van der Waals surface area contributed by atoms with Gasteiger partial charge in [0, 0.05) is 12.2 Å². The minimum Gasteiger partial charge on any atom is -0.380 e. The summed E-state index contributed by atoms with van der Waals surface area (Å²) in [7, 11) is 0. The Hall–Kier alpha value is -1.03. The van der Waals surface area contributed by atoms with Crippen LogP contribution in [0.5, 0.6) is 0 Å². The van der Waals surface area contributed by atoms with Crippen LogP contribution in [0.15, 0.2) is 12.4 Å². The van der Waals surface area contributed by atoms with Gasteiger partial charge in [0.25, 0.3) is 0 Å². The monoisotopic (exact) mass is 236 g/mol. The second-order valence-electron chi connectivity index (χ2n) is 4.85. The predicted molar refractivity (Wildman–Crippen MR) is 71.4 cm³/mol. The van der Waals surface area contributed by atoms with Gasteiger partial charge in [-0.1, -0.05) is 13.8 Å². The van der Waals surface area contributed by atoms with E-state index in [1.165, 1.54) is 12.8 Å². The molecule has 1 aliphatic heterocycles. The van der Waals surface area contributed by atoms with Crippen molar-refractivity contribution >= 4 is 5.69 Å². The van der Waals surface area contributed by atoms with E-state index in [4.69, 9.17) is 0 Å². The van der Waals surface area contributed by atoms with E-state index in [9.17, 15) is 0 Å². The van der Waals surface area contributed by atoms with Gasteiger partial charge < -0.3 is 10.6 Å². The van der Waals surface area contributed by atoms with Crippen LogP contribution in [0.4, 0.5) is 5.69 Å². The van der Waals surface area contributed by atoms with Crippen molar-refractivity contribution < 1.29 is 0 Å². The van der Waals surface area contributed by atoms with E-state index >= 15 is 0 Å². The molecular formula is C13H24N4. The van der Waals surface area contributed by atoms with Crippen LogP contribution >= 0.6 is 0 Å². The minimum atomic E-state index is 0.570. The number of hydrogen-bond donors (Lipinski definition) is 2. The molecule has 1 aromatic rings. The smallest absolute Gasteiger partial charge is 0.0728 e. The Kier molecular flexibility index (Phi) is 4.42. The van der Waals surface area contributed by atoms with Gasteiger partial charge >= 0.3 is 0 Å². The Morgan fingerprint density at radius 3 is 2.76 bits per heavy atom. The molecule has 2 heterocycles. The Morgan fingerprint density at radius 2 is 2.12 bits per heavy atom. The van der Waals surface area contributed by atoms with Gasteiger partial charge in [-0.05, 0) is 38.8 Å². The molecule has 0 saturated carbocycles. The van der Waals surface area contributed by atoms with Crippen molar-refractivity contribution in [1.29, 1.82) is 0 Å². The molecule has 96 valence electrons. The van der Waals surface area contributed by atoms with E-state index in [0.717, 1.165) is 31.6 Å². The number of piperidine rings is 1. The molecule has 0 radical (unpaired) electrons. The summed E-state index contributed by atoms with van der Waals surface area (Å²) in [5, 5.41) is 11.4. The maximum atomic E-state index is 4.49. The number of hydrogen-bond acceptors (Lipinski definition) is 3. The Labute approximate surface area is 104 Å². The van der Waals surface area contributed by atoms with Gasteiger partial charge in [-0.2, -0.15) is 5.10 Å². The van der Waals surface area contributed by atoms with E-state index < -0.39 is 0 Å². The zero-order valence-electron chi connectivity index (χ0n) is 10.9. The maximum Gasteiger partial charge on any atom is 0.0728 e. The highest BCUT2D eigenvalue weighted by Gasteiger charge is 2.15. The highest BCUT2D eigenvalue weighted by molar-refractivity contribution is 5.39. The first-order chi connectivity index (χ1) is 8.33. The largest absolute Gasteiger partial charge is 0.380 e. The molecule has 4 heteroatoms. The maximum absolute atomic E-state index is 4.49. The van der Waals surface area contributed by atoms with Gasteiger partial charge in [-0.25, -0.2) is 0 Å². The van der Waals surface area contributed by atoms with Gasteiger partial charge in [0.2, 0.25) is 0 Å². The zero-order valence-corrected chi connectivity index (χ0v) is 10.9. The number of aromatic nitrogens is 2. The van der Waals surface area contributed by atoms with Crippen molar-refractivity contribution in [1.82, 2.24) is 15.1 Å². The molecule has 2 rings (SSSR count). The third-order valence-electron chi connectivity index (χ3n) is 3.64. The summed E-state index contributed by atoms with van der Waals surface area (Å²) in [6.45, 7) is 6.66. The fourth-order valence-electron chi connectivity index (χ4n) is 2.41. The molecule has 0 atom stereocenters. The molecule has 1 aromatic heterocycles. The summed E-state index contributed by atoms with van der Waals surface area (Å²) >= 11 is 0. The molecule has 1 aliphatic rings. The molecule has 17 heavy (non-hydrogen) atoms. The highest BCUT2D eigenvalue weighted by atomic mass is 15.3. The van der Waals surface area contributed by atoms with Gasteiger partial charge in [0.05, 0.1) is 17.9 Å². The third kappa shape index (κ3) is 3.22. The molecule has 0 unspecified atom stereocenters. The van der Waals surface area contributed by atoms with Crippen LogP contribution in [0.25, 0.3) is 0 Å². The molecule has 0 spiro atoms. The molecular weight excluding hydrogens is 212 g/mol. The molecule has 4 nitrogen and oxygen atoms in total. The summed E-state index contributed by atoms with van der Waals surface area (Å²) in [6, 6.07) is 1.15. The van der Waals surface area contributed by atoms with Crippen LogP contribution in [-0.4, -0.2) is 28.9 Å². The normalized spacial score (nSPS) is 17.6. The predicted octanol–water partition coefficient (Wildman–Crippen LogP) is 2.41. The number of anilines is 1. The Bertz CT molecular complexity index is 324. The van der Waals surface area contributed by atoms with Gasteiger partial charge in [0.15, 0.2) is 0 Å². The van der Waals surface area contributed by atoms with Crippen molar-refractivity contribution in [3.05, 3.63) is 12.4 Å². The van der Waals surface area contributed by atoms with Crippen molar-refractivity contribution in [3.8, 4) is 0 Å². The van der Waals surface area contributed by atoms with Crippen molar-refractivity contribution in [3.63, 3.8) is 0 Å². The van der Waals surface area contributed by atoms with Crippen LogP contribution in [0.1, 0.15) is 45.6 Å². The second kappa shape index (κ2) is 6.05. The summed E-state index contributed by atoms with van der Waals surface area (Å²) in [5.74, 6) is 0. The molecule has 1 saturated heterocycles. The van der Waals surface area contributed by atoms with Crippen LogP contribution in [0.3, 0.4) is 0 Å². The number of nitrogens with zero attached hydrogens (tertiary/aromatic N) is 2. The summed E-state index contributed by atoms with van der Waals surface area (Å²) in [4.78, 5) is 0. The fraction of sp³-hybridized carbons (Fsp3) is 0.769. The lowest BCUT2D eigenvalue weighted by Crippen LogP contribution is -2.29. The lowest BCUT2D eigenvalue weighted by molar-refractivity contribution is 0.343. The van der Waals surface area contributed by atoms with Crippen molar-refractivity contribution in [2.45, 2.75) is 51.6 Å². The minimum absolute atomic E-state index is 0.570. The summed E-state index contributed by atoms with van der Waals surface area (Å²) in [6.07, 6.45) is 8.82. The fourth-order valence-corrected chi connectivity index (χ4v) is 2.41. The lowest BCUT2D eigenvalue weighted by atomic mass is 10.1.